The zero-order chi connectivity index (χ0) is 10.9. The minimum absolute atomic E-state index is 0.0162. The van der Waals surface area contributed by atoms with E-state index >= 15 is 0 Å². The molecule has 2 rings (SSSR count). The summed E-state index contributed by atoms with van der Waals surface area (Å²) in [7, 11) is 0. The SMILES string of the molecule is Cc1ccc(C2=N[C@@](C)(CO)CO2)cc1. The number of nitrogens with zero attached hydrogens (tertiary/aromatic N) is 1. The molecule has 0 amide bonds. The second-order valence-corrected chi connectivity index (χ2v) is 4.23. The van der Waals surface area contributed by atoms with Gasteiger partial charge in [-0.15, -0.1) is 0 Å². The van der Waals surface area contributed by atoms with Gasteiger partial charge in [-0.3, -0.25) is 0 Å². The van der Waals surface area contributed by atoms with Gasteiger partial charge in [-0.05, 0) is 26.0 Å². The number of benzene rings is 1. The first-order valence-corrected chi connectivity index (χ1v) is 5.03. The highest BCUT2D eigenvalue weighted by Crippen LogP contribution is 2.20. The first-order chi connectivity index (χ1) is 7.13. The molecule has 0 unspecified atom stereocenters. The minimum atomic E-state index is -0.472. The quantitative estimate of drug-likeness (QED) is 0.795. The molecule has 1 N–H and O–H groups in total. The number of hydrogen-bond donors (Lipinski definition) is 1. The molecule has 1 aromatic rings. The molecule has 3 nitrogen and oxygen atoms in total. The van der Waals surface area contributed by atoms with Crippen molar-refractivity contribution in [1.29, 1.82) is 0 Å². The molecule has 0 aromatic heterocycles. The maximum absolute atomic E-state index is 9.15. The Kier molecular flexibility index (Phi) is 2.49. The van der Waals surface area contributed by atoms with Gasteiger partial charge < -0.3 is 9.84 Å². The lowest BCUT2D eigenvalue weighted by molar-refractivity contribution is 0.170. The van der Waals surface area contributed by atoms with Gasteiger partial charge in [0, 0.05) is 5.56 Å². The van der Waals surface area contributed by atoms with Crippen molar-refractivity contribution in [2.24, 2.45) is 4.99 Å². The van der Waals surface area contributed by atoms with Gasteiger partial charge in [0.15, 0.2) is 0 Å². The molecule has 0 saturated carbocycles. The van der Waals surface area contributed by atoms with Crippen molar-refractivity contribution in [3.05, 3.63) is 35.4 Å². The molecule has 0 bridgehead atoms. The largest absolute Gasteiger partial charge is 0.475 e. The van der Waals surface area contributed by atoms with E-state index in [1.165, 1.54) is 5.56 Å². The van der Waals surface area contributed by atoms with Crippen LogP contribution in [0.1, 0.15) is 18.1 Å². The van der Waals surface area contributed by atoms with Crippen LogP contribution in [0.4, 0.5) is 0 Å². The Hall–Kier alpha value is -1.35. The van der Waals surface area contributed by atoms with Gasteiger partial charge in [0.05, 0.1) is 6.61 Å². The summed E-state index contributed by atoms with van der Waals surface area (Å²) >= 11 is 0. The van der Waals surface area contributed by atoms with Crippen LogP contribution >= 0.6 is 0 Å². The smallest absolute Gasteiger partial charge is 0.216 e. The molecular weight excluding hydrogens is 190 g/mol. The summed E-state index contributed by atoms with van der Waals surface area (Å²) in [5.74, 6) is 0.631. The number of hydrogen-bond acceptors (Lipinski definition) is 3. The van der Waals surface area contributed by atoms with Crippen molar-refractivity contribution < 1.29 is 9.84 Å². The van der Waals surface area contributed by atoms with E-state index in [0.717, 1.165) is 5.56 Å². The Morgan fingerprint density at radius 2 is 2.07 bits per heavy atom. The molecule has 15 heavy (non-hydrogen) atoms. The van der Waals surface area contributed by atoms with Gasteiger partial charge in [0.1, 0.15) is 12.1 Å². The highest BCUT2D eigenvalue weighted by molar-refractivity contribution is 5.95. The maximum Gasteiger partial charge on any atom is 0.216 e. The van der Waals surface area contributed by atoms with E-state index in [1.807, 2.05) is 38.1 Å². The van der Waals surface area contributed by atoms with Gasteiger partial charge in [-0.1, -0.05) is 17.7 Å². The van der Waals surface area contributed by atoms with E-state index in [0.29, 0.717) is 12.5 Å². The summed E-state index contributed by atoms with van der Waals surface area (Å²) in [5.41, 5.74) is 1.71. The van der Waals surface area contributed by atoms with Crippen LogP contribution in [-0.4, -0.2) is 29.8 Å². The molecule has 1 aromatic carbocycles. The van der Waals surface area contributed by atoms with Crippen LogP contribution in [0.5, 0.6) is 0 Å². The van der Waals surface area contributed by atoms with Crippen molar-refractivity contribution in [3.8, 4) is 0 Å². The Balaban J connectivity index is 2.26. The second-order valence-electron chi connectivity index (χ2n) is 4.23. The van der Waals surface area contributed by atoms with Gasteiger partial charge in [-0.2, -0.15) is 0 Å². The van der Waals surface area contributed by atoms with Crippen LogP contribution in [0.3, 0.4) is 0 Å². The molecule has 0 saturated heterocycles. The fourth-order valence-electron chi connectivity index (χ4n) is 1.46. The number of rotatable bonds is 2. The number of aryl methyl sites for hydroxylation is 1. The number of aliphatic hydroxyl groups excluding tert-OH is 1. The van der Waals surface area contributed by atoms with E-state index in [1.54, 1.807) is 0 Å². The van der Waals surface area contributed by atoms with Crippen LogP contribution in [0.15, 0.2) is 29.3 Å². The summed E-state index contributed by atoms with van der Waals surface area (Å²) in [6.07, 6.45) is 0. The molecule has 1 atom stereocenters. The lowest BCUT2D eigenvalue weighted by Crippen LogP contribution is -2.28. The Labute approximate surface area is 89.4 Å². The van der Waals surface area contributed by atoms with Gasteiger partial charge in [0.25, 0.3) is 0 Å². The van der Waals surface area contributed by atoms with Gasteiger partial charge >= 0.3 is 0 Å². The zero-order valence-electron chi connectivity index (χ0n) is 9.03. The number of aliphatic imine (C=N–C) groups is 1. The van der Waals surface area contributed by atoms with Crippen molar-refractivity contribution in [2.45, 2.75) is 19.4 Å². The molecule has 0 radical (unpaired) electrons. The number of ether oxygens (including phenoxy) is 1. The fourth-order valence-corrected chi connectivity index (χ4v) is 1.46. The Morgan fingerprint density at radius 1 is 1.40 bits per heavy atom. The van der Waals surface area contributed by atoms with Gasteiger partial charge in [0.2, 0.25) is 5.90 Å². The monoisotopic (exact) mass is 205 g/mol. The van der Waals surface area contributed by atoms with E-state index in [9.17, 15) is 0 Å². The molecule has 0 spiro atoms. The van der Waals surface area contributed by atoms with Crippen LogP contribution in [-0.2, 0) is 4.74 Å². The highest BCUT2D eigenvalue weighted by atomic mass is 16.5. The standard InChI is InChI=1S/C12H15NO2/c1-9-3-5-10(6-4-9)11-13-12(2,7-14)8-15-11/h3-6,14H,7-8H2,1-2H3/t12-/m0/s1. The third-order valence-corrected chi connectivity index (χ3v) is 2.53. The predicted molar refractivity (Wildman–Crippen MR) is 59.2 cm³/mol. The van der Waals surface area contributed by atoms with E-state index in [4.69, 9.17) is 9.84 Å². The minimum Gasteiger partial charge on any atom is -0.475 e. The lowest BCUT2D eigenvalue weighted by Gasteiger charge is -2.12. The van der Waals surface area contributed by atoms with Crippen molar-refractivity contribution in [2.75, 3.05) is 13.2 Å². The fraction of sp³-hybridized carbons (Fsp3) is 0.417. The third-order valence-electron chi connectivity index (χ3n) is 2.53. The summed E-state index contributed by atoms with van der Waals surface area (Å²) < 4.78 is 5.48. The van der Waals surface area contributed by atoms with Crippen LogP contribution < -0.4 is 0 Å². The third kappa shape index (κ3) is 2.02. The van der Waals surface area contributed by atoms with E-state index in [-0.39, 0.29) is 6.61 Å². The van der Waals surface area contributed by atoms with Crippen molar-refractivity contribution in [1.82, 2.24) is 0 Å². The van der Waals surface area contributed by atoms with Crippen LogP contribution in [0, 0.1) is 6.92 Å². The maximum atomic E-state index is 9.15. The summed E-state index contributed by atoms with van der Waals surface area (Å²) in [4.78, 5) is 4.38. The first kappa shape index (κ1) is 10.2. The Morgan fingerprint density at radius 3 is 2.60 bits per heavy atom. The summed E-state index contributed by atoms with van der Waals surface area (Å²) in [6.45, 7) is 4.39. The molecule has 80 valence electrons. The average molecular weight is 205 g/mol. The second kappa shape index (κ2) is 3.66. The van der Waals surface area contributed by atoms with Crippen LogP contribution in [0.2, 0.25) is 0 Å². The molecule has 3 heteroatoms. The molecule has 1 heterocycles. The molecular formula is C12H15NO2. The Bertz CT molecular complexity index is 383. The van der Waals surface area contributed by atoms with Crippen LogP contribution in [0.25, 0.3) is 0 Å². The van der Waals surface area contributed by atoms with E-state index in [2.05, 4.69) is 4.99 Å². The lowest BCUT2D eigenvalue weighted by atomic mass is 10.1. The highest BCUT2D eigenvalue weighted by Gasteiger charge is 2.31. The van der Waals surface area contributed by atoms with Crippen molar-refractivity contribution in [3.63, 3.8) is 0 Å². The van der Waals surface area contributed by atoms with Gasteiger partial charge in [-0.25, -0.2) is 4.99 Å². The predicted octanol–water partition coefficient (Wildman–Crippen LogP) is 1.52. The average Bonchev–Trinajstić information content (AvgIpc) is 2.63. The molecule has 1 aliphatic rings. The molecule has 0 aliphatic carbocycles. The first-order valence-electron chi connectivity index (χ1n) is 5.03. The van der Waals surface area contributed by atoms with Crippen molar-refractivity contribution >= 4 is 5.90 Å². The van der Waals surface area contributed by atoms with E-state index < -0.39 is 5.54 Å². The topological polar surface area (TPSA) is 41.8 Å². The summed E-state index contributed by atoms with van der Waals surface area (Å²) in [6, 6.07) is 8.01. The zero-order valence-corrected chi connectivity index (χ0v) is 9.03. The molecule has 1 aliphatic heterocycles. The molecule has 0 fully saturated rings. The number of aliphatic hydroxyl groups is 1. The normalized spacial score (nSPS) is 24.9. The summed E-state index contributed by atoms with van der Waals surface area (Å²) in [5, 5.41) is 9.15.